The zero-order chi connectivity index (χ0) is 27.3. The number of carbonyl (C=O) groups excluding carboxylic acids is 1. The number of rotatable bonds is 9. The van der Waals surface area contributed by atoms with Crippen LogP contribution in [0.15, 0.2) is 28.7 Å². The van der Waals surface area contributed by atoms with E-state index in [1.807, 2.05) is 0 Å². The van der Waals surface area contributed by atoms with Crippen LogP contribution < -0.4 is 5.32 Å². The summed E-state index contributed by atoms with van der Waals surface area (Å²) in [5, 5.41) is 0.824. The minimum absolute atomic E-state index is 0.178. The molecule has 0 aliphatic rings. The van der Waals surface area contributed by atoms with E-state index in [-0.39, 0.29) is 4.47 Å². The normalized spacial score (nSPS) is 15.0. The molecule has 0 bridgehead atoms. The van der Waals surface area contributed by atoms with Gasteiger partial charge in [-0.25, -0.2) is 8.78 Å². The van der Waals surface area contributed by atoms with E-state index in [1.165, 1.54) is 0 Å². The van der Waals surface area contributed by atoms with Crippen molar-refractivity contribution in [3.8, 4) is 0 Å². The summed E-state index contributed by atoms with van der Waals surface area (Å²) in [6.07, 6.45) is -5.92. The first-order chi connectivity index (χ1) is 14.8. The summed E-state index contributed by atoms with van der Waals surface area (Å²) < 4.78 is 212. The zero-order valence-corrected chi connectivity index (χ0v) is 16.8. The van der Waals surface area contributed by atoms with Gasteiger partial charge in [-0.05, 0) is 24.3 Å². The summed E-state index contributed by atoms with van der Waals surface area (Å²) in [7, 11) is 0. The lowest BCUT2D eigenvalue weighted by atomic mass is 9.89. The number of nitrogens with one attached hydrogen (secondary N) is 1. The third kappa shape index (κ3) is 4.16. The van der Waals surface area contributed by atoms with Gasteiger partial charge in [0.05, 0.1) is 0 Å². The van der Waals surface area contributed by atoms with Gasteiger partial charge < -0.3 is 5.32 Å². The predicted molar refractivity (Wildman–Crippen MR) is 83.4 cm³/mol. The molecule has 0 spiro atoms. The molecule has 0 unspecified atom stereocenters. The number of hydrogen-bond donors (Lipinski definition) is 1. The van der Waals surface area contributed by atoms with Gasteiger partial charge >= 0.3 is 53.8 Å². The number of hydrogen-bond acceptors (Lipinski definition) is 1. The van der Waals surface area contributed by atoms with Crippen LogP contribution in [0.4, 0.5) is 75.9 Å². The summed E-state index contributed by atoms with van der Waals surface area (Å²) in [5.41, 5.74) is -0.868. The van der Waals surface area contributed by atoms with Crippen molar-refractivity contribution < 1.29 is 75.0 Å². The second-order valence-corrected chi connectivity index (χ2v) is 7.25. The van der Waals surface area contributed by atoms with Crippen molar-refractivity contribution in [2.75, 3.05) is 5.32 Å². The van der Waals surface area contributed by atoms with Crippen LogP contribution >= 0.6 is 15.9 Å². The van der Waals surface area contributed by atoms with Gasteiger partial charge in [-0.15, -0.1) is 0 Å². The zero-order valence-electron chi connectivity index (χ0n) is 15.2. The lowest BCUT2D eigenvalue weighted by Gasteiger charge is -2.42. The molecular formula is C15H6BrF16NO. The van der Waals surface area contributed by atoms with Crippen molar-refractivity contribution in [3.05, 3.63) is 28.7 Å². The van der Waals surface area contributed by atoms with Crippen LogP contribution in [0.3, 0.4) is 0 Å². The molecule has 1 N–H and O–H groups in total. The molecule has 0 saturated heterocycles. The fourth-order valence-electron chi connectivity index (χ4n) is 2.02. The molecule has 1 aromatic rings. The second kappa shape index (κ2) is 8.61. The predicted octanol–water partition coefficient (Wildman–Crippen LogP) is 7.10. The molecule has 0 aliphatic heterocycles. The van der Waals surface area contributed by atoms with Crippen LogP contribution in [0.25, 0.3) is 0 Å². The number of benzene rings is 1. The van der Waals surface area contributed by atoms with Gasteiger partial charge in [-0.2, -0.15) is 61.5 Å². The highest BCUT2D eigenvalue weighted by Gasteiger charge is 2.94. The van der Waals surface area contributed by atoms with Gasteiger partial charge in [0.25, 0.3) is 0 Å². The van der Waals surface area contributed by atoms with E-state index in [1.54, 1.807) is 0 Å². The van der Waals surface area contributed by atoms with Crippen molar-refractivity contribution in [3.63, 3.8) is 0 Å². The van der Waals surface area contributed by atoms with Gasteiger partial charge in [-0.3, -0.25) is 4.79 Å². The van der Waals surface area contributed by atoms with E-state index in [9.17, 15) is 75.0 Å². The molecule has 0 radical (unpaired) electrons. The van der Waals surface area contributed by atoms with E-state index in [0.717, 1.165) is 17.4 Å². The fraction of sp³-hybridized carbons (Fsp3) is 0.533. The number of amides is 1. The molecule has 0 heterocycles. The van der Waals surface area contributed by atoms with E-state index < -0.39 is 59.5 Å². The van der Waals surface area contributed by atoms with E-state index in [0.29, 0.717) is 12.1 Å². The van der Waals surface area contributed by atoms with Crippen molar-refractivity contribution in [1.82, 2.24) is 0 Å². The van der Waals surface area contributed by atoms with E-state index >= 15 is 0 Å². The molecule has 0 aromatic heterocycles. The molecule has 1 rings (SSSR count). The van der Waals surface area contributed by atoms with Crippen molar-refractivity contribution in [1.29, 1.82) is 0 Å². The Morgan fingerprint density at radius 2 is 1.00 bits per heavy atom. The average Bonchev–Trinajstić information content (AvgIpc) is 2.68. The molecule has 0 saturated carbocycles. The fourth-order valence-corrected chi connectivity index (χ4v) is 2.28. The Morgan fingerprint density at radius 3 is 1.38 bits per heavy atom. The highest BCUT2D eigenvalue weighted by molar-refractivity contribution is 9.10. The number of anilines is 1. The maximum Gasteiger partial charge on any atom is 0.393 e. The van der Waals surface area contributed by atoms with Crippen LogP contribution in [0.2, 0.25) is 0 Å². The first-order valence-corrected chi connectivity index (χ1v) is 8.63. The molecule has 34 heavy (non-hydrogen) atoms. The molecule has 1 aromatic carbocycles. The molecular weight excluding hydrogens is 594 g/mol. The van der Waals surface area contributed by atoms with Crippen LogP contribution in [-0.2, 0) is 4.79 Å². The van der Waals surface area contributed by atoms with Gasteiger partial charge in [-0.1, -0.05) is 15.9 Å². The Kier molecular flexibility index (Phi) is 7.62. The highest BCUT2D eigenvalue weighted by atomic mass is 79.9. The molecule has 2 nitrogen and oxygen atoms in total. The van der Waals surface area contributed by atoms with Crippen LogP contribution in [0.1, 0.15) is 0 Å². The standard InChI is InChI=1S/C15H6BrF16NO/c16-5-1-3-6(4-2-5)33-8(34)10(21,22)12(25,26)14(29,30)15(31,32)13(27,28)11(23,24)9(19,20)7(17)18/h1-4,7H,(H,33,34). The first-order valence-electron chi connectivity index (χ1n) is 7.84. The Balaban J connectivity index is 3.52. The largest absolute Gasteiger partial charge is 0.393 e. The van der Waals surface area contributed by atoms with Crippen molar-refractivity contribution >= 4 is 27.5 Å². The number of alkyl halides is 16. The number of halogens is 17. The van der Waals surface area contributed by atoms with Gasteiger partial charge in [0.2, 0.25) is 0 Å². The summed E-state index contributed by atoms with van der Waals surface area (Å²) in [6.45, 7) is 0. The van der Waals surface area contributed by atoms with Crippen molar-refractivity contribution in [2.45, 2.75) is 47.9 Å². The smallest absolute Gasteiger partial charge is 0.321 e. The molecule has 0 atom stereocenters. The third-order valence-corrected chi connectivity index (χ3v) is 4.58. The Bertz CT molecular complexity index is 898. The Hall–Kier alpha value is -1.95. The second-order valence-electron chi connectivity index (χ2n) is 6.33. The average molecular weight is 600 g/mol. The van der Waals surface area contributed by atoms with E-state index in [2.05, 4.69) is 15.9 Å². The molecule has 0 aliphatic carbocycles. The lowest BCUT2D eigenvalue weighted by Crippen LogP contribution is -2.74. The molecule has 196 valence electrons. The van der Waals surface area contributed by atoms with Gasteiger partial charge in [0.15, 0.2) is 0 Å². The van der Waals surface area contributed by atoms with Crippen LogP contribution in [0, 0.1) is 0 Å². The van der Waals surface area contributed by atoms with Crippen LogP contribution in [0.5, 0.6) is 0 Å². The molecule has 19 heteroatoms. The summed E-state index contributed by atoms with van der Waals surface area (Å²) >= 11 is 2.79. The topological polar surface area (TPSA) is 29.1 Å². The van der Waals surface area contributed by atoms with Gasteiger partial charge in [0, 0.05) is 10.2 Å². The third-order valence-electron chi connectivity index (χ3n) is 4.05. The lowest BCUT2D eigenvalue weighted by molar-refractivity contribution is -0.443. The maximum absolute atomic E-state index is 13.7. The Labute approximate surface area is 185 Å². The summed E-state index contributed by atoms with van der Waals surface area (Å²) in [4.78, 5) is 11.3. The van der Waals surface area contributed by atoms with Crippen molar-refractivity contribution in [2.24, 2.45) is 0 Å². The maximum atomic E-state index is 13.7. The minimum atomic E-state index is -8.55. The first kappa shape index (κ1) is 30.1. The highest BCUT2D eigenvalue weighted by Crippen LogP contribution is 2.62. The minimum Gasteiger partial charge on any atom is -0.321 e. The van der Waals surface area contributed by atoms with E-state index in [4.69, 9.17) is 0 Å². The van der Waals surface area contributed by atoms with Crippen LogP contribution in [-0.4, -0.2) is 53.8 Å². The quantitative estimate of drug-likeness (QED) is 0.302. The molecule has 1 amide bonds. The monoisotopic (exact) mass is 599 g/mol. The Morgan fingerprint density at radius 1 is 0.647 bits per heavy atom. The molecule has 0 fully saturated rings. The SMILES string of the molecule is O=C(Nc1ccc(Br)cc1)C(F)(F)C(F)(F)C(F)(F)C(F)(F)C(F)(F)C(F)(F)C(F)(F)C(F)F. The van der Waals surface area contributed by atoms with Gasteiger partial charge in [0.1, 0.15) is 0 Å². The number of carbonyl (C=O) groups is 1. The summed E-state index contributed by atoms with van der Waals surface area (Å²) in [5.74, 6) is -59.7. The summed E-state index contributed by atoms with van der Waals surface area (Å²) in [6, 6.07) is 3.20.